The first-order valence-corrected chi connectivity index (χ1v) is 25.4. The lowest BCUT2D eigenvalue weighted by atomic mass is 9.82. The summed E-state index contributed by atoms with van der Waals surface area (Å²) in [6.45, 7) is 23.4. The van der Waals surface area contributed by atoms with Crippen molar-refractivity contribution in [3.8, 4) is 67.5 Å². The molecule has 0 saturated carbocycles. The highest BCUT2D eigenvalue weighted by Gasteiger charge is 2.39. The van der Waals surface area contributed by atoms with Gasteiger partial charge in [-0.15, -0.1) is 0 Å². The molecule has 0 saturated heterocycles. The molecule has 0 aliphatic heterocycles. The van der Waals surface area contributed by atoms with Crippen LogP contribution in [0.15, 0.2) is 127 Å². The number of hydrogen-bond acceptors (Lipinski definition) is 3. The van der Waals surface area contributed by atoms with Gasteiger partial charge in [0.05, 0.1) is 16.6 Å². The molecule has 3 aromatic heterocycles. The SMILES string of the molecule is CCCn1c(-c2ccc3c(c2)-c2ccccc2C3(C)C)nc2c1c1nc(-c3ccc4c(c3)-c3ccccc3C4(C)C)n(CCC)c1c1nc(-c3ccc4c(c3)-c3ccccc3C4(C)C)n(CCC)c21. The number of aromatic nitrogens is 6. The van der Waals surface area contributed by atoms with Crippen molar-refractivity contribution in [2.45, 2.75) is 117 Å². The van der Waals surface area contributed by atoms with Crippen molar-refractivity contribution >= 4 is 33.1 Å². The Labute approximate surface area is 405 Å². The zero-order valence-corrected chi connectivity index (χ0v) is 41.6. The molecule has 7 aromatic carbocycles. The molecule has 0 N–H and O–H groups in total. The van der Waals surface area contributed by atoms with Crippen LogP contribution in [0.3, 0.4) is 0 Å². The van der Waals surface area contributed by atoms with Crippen LogP contribution in [0.5, 0.6) is 0 Å². The molecule has 10 aromatic rings. The Morgan fingerprint density at radius 1 is 0.333 bits per heavy atom. The van der Waals surface area contributed by atoms with Crippen molar-refractivity contribution in [2.24, 2.45) is 0 Å². The van der Waals surface area contributed by atoms with Crippen molar-refractivity contribution < 1.29 is 0 Å². The van der Waals surface area contributed by atoms with Gasteiger partial charge in [0.15, 0.2) is 0 Å². The third kappa shape index (κ3) is 5.63. The zero-order chi connectivity index (χ0) is 47.3. The molecule has 3 heterocycles. The Balaban J connectivity index is 1.13. The Morgan fingerprint density at radius 2 is 0.594 bits per heavy atom. The van der Waals surface area contributed by atoms with Gasteiger partial charge < -0.3 is 13.7 Å². The number of rotatable bonds is 9. The van der Waals surface area contributed by atoms with Gasteiger partial charge in [-0.2, -0.15) is 0 Å². The molecule has 6 heteroatoms. The van der Waals surface area contributed by atoms with Crippen LogP contribution in [0.4, 0.5) is 0 Å². The number of benzene rings is 7. The van der Waals surface area contributed by atoms with E-state index in [1.807, 2.05) is 0 Å². The normalized spacial score (nSPS) is 15.4. The van der Waals surface area contributed by atoms with Crippen molar-refractivity contribution in [1.29, 1.82) is 0 Å². The third-order valence-corrected chi connectivity index (χ3v) is 16.4. The standard InChI is InChI=1S/C63H60N6/c1-10-31-67-55-52(64-58(67)37-25-28-49-43(34-37)40-19-13-16-22-46(40)61(49,4)5)56-54(66-60(68(56)32-11-2)39-27-30-51-45(36-39)42-21-15-18-24-48(42)63(51,8)9)57-53(55)65-59(69(57)33-12-3)38-26-29-50-44(35-38)41-20-14-17-23-47(41)62(50,6)7/h13-30,34-36H,10-12,31-33H2,1-9H3. The highest BCUT2D eigenvalue weighted by molar-refractivity contribution is 6.21. The van der Waals surface area contributed by atoms with Crippen LogP contribution in [-0.2, 0) is 35.9 Å². The minimum Gasteiger partial charge on any atom is -0.322 e. The Hall–Kier alpha value is -7.05. The number of fused-ring (bicyclic) bond motifs is 15. The fourth-order valence-corrected chi connectivity index (χ4v) is 13.1. The number of aryl methyl sites for hydroxylation is 3. The molecule has 3 aliphatic rings. The molecule has 6 nitrogen and oxygen atoms in total. The van der Waals surface area contributed by atoms with Crippen LogP contribution in [0, 0.1) is 0 Å². The molecule has 3 aliphatic carbocycles. The molecule has 69 heavy (non-hydrogen) atoms. The van der Waals surface area contributed by atoms with E-state index in [1.165, 1.54) is 66.8 Å². The molecule has 0 amide bonds. The molecule has 342 valence electrons. The summed E-state index contributed by atoms with van der Waals surface area (Å²) in [7, 11) is 0. The lowest BCUT2D eigenvalue weighted by Gasteiger charge is -2.21. The fourth-order valence-electron chi connectivity index (χ4n) is 13.1. The maximum Gasteiger partial charge on any atom is 0.141 e. The first-order chi connectivity index (χ1) is 33.4. The van der Waals surface area contributed by atoms with Crippen molar-refractivity contribution in [3.05, 3.63) is 161 Å². The van der Waals surface area contributed by atoms with Gasteiger partial charge in [-0.05, 0) is 104 Å². The summed E-state index contributed by atoms with van der Waals surface area (Å²) in [4.78, 5) is 17.6. The summed E-state index contributed by atoms with van der Waals surface area (Å²) in [5.74, 6) is 2.95. The lowest BCUT2D eigenvalue weighted by Crippen LogP contribution is -2.14. The largest absolute Gasteiger partial charge is 0.322 e. The van der Waals surface area contributed by atoms with Gasteiger partial charge in [0, 0.05) is 52.6 Å². The predicted octanol–water partition coefficient (Wildman–Crippen LogP) is 15.9. The van der Waals surface area contributed by atoms with Crippen LogP contribution in [-0.4, -0.2) is 28.7 Å². The van der Waals surface area contributed by atoms with Crippen LogP contribution in [0.2, 0.25) is 0 Å². The van der Waals surface area contributed by atoms with E-state index < -0.39 is 0 Å². The summed E-state index contributed by atoms with van der Waals surface area (Å²) in [6, 6.07) is 48.1. The average Bonchev–Trinajstić information content (AvgIpc) is 4.17. The van der Waals surface area contributed by atoms with E-state index in [1.54, 1.807) is 0 Å². The monoisotopic (exact) mass is 900 g/mol. The Morgan fingerprint density at radius 3 is 0.870 bits per heavy atom. The molecular formula is C63H60N6. The van der Waals surface area contributed by atoms with Gasteiger partial charge >= 0.3 is 0 Å². The molecule has 0 unspecified atom stereocenters. The number of hydrogen-bond donors (Lipinski definition) is 0. The summed E-state index contributed by atoms with van der Waals surface area (Å²) in [5.41, 5.74) is 25.4. The molecule has 13 rings (SSSR count). The van der Waals surface area contributed by atoms with Crippen LogP contribution in [0.1, 0.15) is 115 Å². The first-order valence-electron chi connectivity index (χ1n) is 25.4. The maximum atomic E-state index is 5.85. The summed E-state index contributed by atoms with van der Waals surface area (Å²) in [5, 5.41) is 0. The van der Waals surface area contributed by atoms with Gasteiger partial charge in [0.2, 0.25) is 0 Å². The minimum absolute atomic E-state index is 0.0807. The average molecular weight is 901 g/mol. The van der Waals surface area contributed by atoms with Gasteiger partial charge in [-0.25, -0.2) is 15.0 Å². The molecule has 0 atom stereocenters. The van der Waals surface area contributed by atoms with E-state index in [9.17, 15) is 0 Å². The van der Waals surface area contributed by atoms with Gasteiger partial charge in [0.1, 0.15) is 34.0 Å². The van der Waals surface area contributed by atoms with Crippen molar-refractivity contribution in [3.63, 3.8) is 0 Å². The summed E-state index contributed by atoms with van der Waals surface area (Å²) < 4.78 is 7.49. The highest BCUT2D eigenvalue weighted by atomic mass is 15.2. The summed E-state index contributed by atoms with van der Waals surface area (Å²) in [6.07, 6.45) is 2.86. The maximum absolute atomic E-state index is 5.85. The molecule has 0 fully saturated rings. The minimum atomic E-state index is -0.0807. The van der Waals surface area contributed by atoms with E-state index in [0.717, 1.165) is 106 Å². The first kappa shape index (κ1) is 42.1. The van der Waals surface area contributed by atoms with E-state index in [0.29, 0.717) is 0 Å². The number of nitrogens with zero attached hydrogens (tertiary/aromatic N) is 6. The number of imidazole rings is 3. The van der Waals surface area contributed by atoms with E-state index in [2.05, 4.69) is 203 Å². The Kier molecular flexibility index (Phi) is 8.98. The molecule has 0 radical (unpaired) electrons. The van der Waals surface area contributed by atoms with Crippen molar-refractivity contribution in [1.82, 2.24) is 28.7 Å². The zero-order valence-electron chi connectivity index (χ0n) is 41.6. The highest BCUT2D eigenvalue weighted by Crippen LogP contribution is 2.53. The molecular weight excluding hydrogens is 841 g/mol. The Bertz CT molecular complexity index is 3380. The van der Waals surface area contributed by atoms with E-state index >= 15 is 0 Å². The molecule has 0 spiro atoms. The van der Waals surface area contributed by atoms with Gasteiger partial charge in [0.25, 0.3) is 0 Å². The smallest absolute Gasteiger partial charge is 0.141 e. The van der Waals surface area contributed by atoms with Crippen LogP contribution in [0.25, 0.3) is 101 Å². The summed E-state index contributed by atoms with van der Waals surface area (Å²) >= 11 is 0. The molecule has 0 bridgehead atoms. The van der Waals surface area contributed by atoms with E-state index in [4.69, 9.17) is 15.0 Å². The van der Waals surface area contributed by atoms with E-state index in [-0.39, 0.29) is 16.2 Å². The second-order valence-electron chi connectivity index (χ2n) is 21.6. The topological polar surface area (TPSA) is 53.5 Å². The predicted molar refractivity (Wildman–Crippen MR) is 286 cm³/mol. The quantitative estimate of drug-likeness (QED) is 0.145. The third-order valence-electron chi connectivity index (χ3n) is 16.4. The van der Waals surface area contributed by atoms with Crippen LogP contribution >= 0.6 is 0 Å². The van der Waals surface area contributed by atoms with Crippen molar-refractivity contribution in [2.75, 3.05) is 0 Å². The second kappa shape index (κ2) is 14.7. The second-order valence-corrected chi connectivity index (χ2v) is 21.6. The van der Waals surface area contributed by atoms with Gasteiger partial charge in [-0.3, -0.25) is 0 Å². The van der Waals surface area contributed by atoms with Gasteiger partial charge in [-0.1, -0.05) is 172 Å². The lowest BCUT2D eigenvalue weighted by molar-refractivity contribution is 0.660. The van der Waals surface area contributed by atoms with Crippen LogP contribution < -0.4 is 0 Å². The fraction of sp³-hybridized carbons (Fsp3) is 0.286.